The SMILES string of the molecule is COCCOCC(=O)N[C@H](Cc1cccc(OC)c1)C(N)=O. The van der Waals surface area contributed by atoms with Gasteiger partial charge in [-0.15, -0.1) is 0 Å². The lowest BCUT2D eigenvalue weighted by molar-refractivity contribution is -0.130. The van der Waals surface area contributed by atoms with Crippen molar-refractivity contribution in [1.82, 2.24) is 5.32 Å². The van der Waals surface area contributed by atoms with Gasteiger partial charge in [0.1, 0.15) is 18.4 Å². The summed E-state index contributed by atoms with van der Waals surface area (Å²) >= 11 is 0. The zero-order chi connectivity index (χ0) is 16.4. The van der Waals surface area contributed by atoms with Crippen molar-refractivity contribution < 1.29 is 23.8 Å². The molecule has 0 radical (unpaired) electrons. The highest BCUT2D eigenvalue weighted by molar-refractivity contribution is 5.87. The minimum Gasteiger partial charge on any atom is -0.497 e. The lowest BCUT2D eigenvalue weighted by Gasteiger charge is -2.16. The van der Waals surface area contributed by atoms with Crippen LogP contribution in [0.2, 0.25) is 0 Å². The molecule has 1 aromatic rings. The van der Waals surface area contributed by atoms with Gasteiger partial charge in [-0.3, -0.25) is 9.59 Å². The highest BCUT2D eigenvalue weighted by Gasteiger charge is 2.18. The minimum absolute atomic E-state index is 0.148. The van der Waals surface area contributed by atoms with Gasteiger partial charge in [-0.1, -0.05) is 12.1 Å². The molecule has 122 valence electrons. The fourth-order valence-corrected chi connectivity index (χ4v) is 1.80. The van der Waals surface area contributed by atoms with Crippen molar-refractivity contribution in [1.29, 1.82) is 0 Å². The Bertz CT molecular complexity index is 493. The molecule has 1 rings (SSSR count). The van der Waals surface area contributed by atoms with Gasteiger partial charge in [-0.25, -0.2) is 0 Å². The number of primary amides is 1. The zero-order valence-electron chi connectivity index (χ0n) is 12.8. The fourth-order valence-electron chi connectivity index (χ4n) is 1.80. The minimum atomic E-state index is -0.800. The molecule has 0 saturated carbocycles. The second kappa shape index (κ2) is 9.75. The molecule has 0 aliphatic rings. The fraction of sp³-hybridized carbons (Fsp3) is 0.467. The molecule has 2 amide bonds. The van der Waals surface area contributed by atoms with Crippen LogP contribution >= 0.6 is 0 Å². The van der Waals surface area contributed by atoms with Crippen molar-refractivity contribution in [3.05, 3.63) is 29.8 Å². The summed E-state index contributed by atoms with van der Waals surface area (Å²) in [5.74, 6) is -0.328. The molecule has 0 bridgehead atoms. The number of methoxy groups -OCH3 is 2. The number of hydrogen-bond donors (Lipinski definition) is 2. The molecule has 1 aromatic carbocycles. The molecule has 0 saturated heterocycles. The van der Waals surface area contributed by atoms with Crippen molar-refractivity contribution in [3.8, 4) is 5.75 Å². The van der Waals surface area contributed by atoms with Crippen LogP contribution < -0.4 is 15.8 Å². The number of nitrogens with one attached hydrogen (secondary N) is 1. The molecule has 0 spiro atoms. The molecule has 0 fully saturated rings. The summed E-state index contributed by atoms with van der Waals surface area (Å²) in [6.45, 7) is 0.558. The van der Waals surface area contributed by atoms with E-state index in [1.165, 1.54) is 0 Å². The molecular formula is C15H22N2O5. The monoisotopic (exact) mass is 310 g/mol. The molecule has 7 heteroatoms. The average Bonchev–Trinajstić information content (AvgIpc) is 2.51. The van der Waals surface area contributed by atoms with Crippen LogP contribution in [-0.2, 0) is 25.5 Å². The largest absolute Gasteiger partial charge is 0.497 e. The number of hydrogen-bond acceptors (Lipinski definition) is 5. The Kier molecular flexibility index (Phi) is 7.95. The molecule has 0 aliphatic heterocycles. The Labute approximate surface area is 129 Å². The number of ether oxygens (including phenoxy) is 3. The van der Waals surface area contributed by atoms with E-state index in [0.717, 1.165) is 5.56 Å². The number of carbonyl (C=O) groups excluding carboxylic acids is 2. The number of carbonyl (C=O) groups is 2. The van der Waals surface area contributed by atoms with Gasteiger partial charge in [0.15, 0.2) is 0 Å². The van der Waals surface area contributed by atoms with Gasteiger partial charge in [-0.2, -0.15) is 0 Å². The van der Waals surface area contributed by atoms with E-state index in [9.17, 15) is 9.59 Å². The van der Waals surface area contributed by atoms with Crippen molar-refractivity contribution in [2.75, 3.05) is 34.0 Å². The van der Waals surface area contributed by atoms with E-state index in [1.54, 1.807) is 26.4 Å². The van der Waals surface area contributed by atoms with E-state index < -0.39 is 17.9 Å². The third-order valence-corrected chi connectivity index (χ3v) is 2.92. The zero-order valence-corrected chi connectivity index (χ0v) is 12.8. The van der Waals surface area contributed by atoms with Gasteiger partial charge >= 0.3 is 0 Å². The van der Waals surface area contributed by atoms with Crippen LogP contribution in [0.15, 0.2) is 24.3 Å². The maximum atomic E-state index is 11.7. The predicted molar refractivity (Wildman–Crippen MR) is 80.5 cm³/mol. The summed E-state index contributed by atoms with van der Waals surface area (Å²) in [5.41, 5.74) is 6.17. The van der Waals surface area contributed by atoms with Crippen LogP contribution in [0.3, 0.4) is 0 Å². The third-order valence-electron chi connectivity index (χ3n) is 2.92. The maximum absolute atomic E-state index is 11.7. The molecule has 0 heterocycles. The smallest absolute Gasteiger partial charge is 0.246 e. The van der Waals surface area contributed by atoms with Gasteiger partial charge < -0.3 is 25.3 Å². The molecule has 0 unspecified atom stereocenters. The third kappa shape index (κ3) is 6.55. The van der Waals surface area contributed by atoms with Gasteiger partial charge in [0, 0.05) is 13.5 Å². The van der Waals surface area contributed by atoms with Crippen LogP contribution in [0.25, 0.3) is 0 Å². The van der Waals surface area contributed by atoms with Gasteiger partial charge in [0.05, 0.1) is 20.3 Å². The van der Waals surface area contributed by atoms with Gasteiger partial charge in [0.2, 0.25) is 11.8 Å². The summed E-state index contributed by atoms with van der Waals surface area (Å²) in [5, 5.41) is 2.56. The number of amides is 2. The maximum Gasteiger partial charge on any atom is 0.246 e. The summed E-state index contributed by atoms with van der Waals surface area (Å²) < 4.78 is 15.0. The number of rotatable bonds is 10. The molecule has 1 atom stereocenters. The topological polar surface area (TPSA) is 99.9 Å². The van der Waals surface area contributed by atoms with Gasteiger partial charge in [-0.05, 0) is 17.7 Å². The highest BCUT2D eigenvalue weighted by Crippen LogP contribution is 2.14. The molecule has 0 aliphatic carbocycles. The van der Waals surface area contributed by atoms with E-state index in [1.807, 2.05) is 12.1 Å². The second-order valence-electron chi connectivity index (χ2n) is 4.62. The van der Waals surface area contributed by atoms with Crippen LogP contribution in [-0.4, -0.2) is 51.9 Å². The Morgan fingerprint density at radius 2 is 2.05 bits per heavy atom. The van der Waals surface area contributed by atoms with Crippen LogP contribution in [0, 0.1) is 0 Å². The van der Waals surface area contributed by atoms with E-state index in [2.05, 4.69) is 5.32 Å². The molecular weight excluding hydrogens is 288 g/mol. The first kappa shape index (κ1) is 17.9. The van der Waals surface area contributed by atoms with Crippen molar-refractivity contribution in [2.24, 2.45) is 5.73 Å². The van der Waals surface area contributed by atoms with E-state index in [-0.39, 0.29) is 13.0 Å². The Balaban J connectivity index is 2.54. The van der Waals surface area contributed by atoms with Gasteiger partial charge in [0.25, 0.3) is 0 Å². The molecule has 22 heavy (non-hydrogen) atoms. The Morgan fingerprint density at radius 3 is 2.68 bits per heavy atom. The molecule has 0 aromatic heterocycles. The second-order valence-corrected chi connectivity index (χ2v) is 4.62. The predicted octanol–water partition coefficient (Wildman–Crippen LogP) is -0.129. The first-order valence-corrected chi connectivity index (χ1v) is 6.85. The van der Waals surface area contributed by atoms with E-state index in [4.69, 9.17) is 19.9 Å². The summed E-state index contributed by atoms with van der Waals surface area (Å²) in [7, 11) is 3.10. The summed E-state index contributed by atoms with van der Waals surface area (Å²) in [4.78, 5) is 23.2. The standard InChI is InChI=1S/C15H22N2O5/c1-20-6-7-22-10-14(18)17-13(15(16)19)9-11-4-3-5-12(8-11)21-2/h3-5,8,13H,6-7,9-10H2,1-2H3,(H2,16,19)(H,17,18)/t13-/m1/s1. The number of benzene rings is 1. The quantitative estimate of drug-likeness (QED) is 0.586. The first-order valence-electron chi connectivity index (χ1n) is 6.85. The lowest BCUT2D eigenvalue weighted by atomic mass is 10.1. The van der Waals surface area contributed by atoms with Crippen LogP contribution in [0.1, 0.15) is 5.56 Å². The Morgan fingerprint density at radius 1 is 1.27 bits per heavy atom. The average molecular weight is 310 g/mol. The van der Waals surface area contributed by atoms with Crippen LogP contribution in [0.5, 0.6) is 5.75 Å². The number of nitrogens with two attached hydrogens (primary N) is 1. The first-order chi connectivity index (χ1) is 10.6. The van der Waals surface area contributed by atoms with Crippen molar-refractivity contribution >= 4 is 11.8 Å². The van der Waals surface area contributed by atoms with Crippen molar-refractivity contribution in [2.45, 2.75) is 12.5 Å². The highest BCUT2D eigenvalue weighted by atomic mass is 16.5. The van der Waals surface area contributed by atoms with Crippen molar-refractivity contribution in [3.63, 3.8) is 0 Å². The lowest BCUT2D eigenvalue weighted by Crippen LogP contribution is -2.47. The Hall–Kier alpha value is -2.12. The van der Waals surface area contributed by atoms with Crippen LogP contribution in [0.4, 0.5) is 0 Å². The van der Waals surface area contributed by atoms with E-state index >= 15 is 0 Å². The molecule has 7 nitrogen and oxygen atoms in total. The molecule has 3 N–H and O–H groups in total. The summed E-state index contributed by atoms with van der Waals surface area (Å²) in [6, 6.07) is 6.43. The van der Waals surface area contributed by atoms with E-state index in [0.29, 0.717) is 19.0 Å². The summed E-state index contributed by atoms with van der Waals surface area (Å²) in [6.07, 6.45) is 0.288. The normalized spacial score (nSPS) is 11.7.